The smallest absolute Gasteiger partial charge is 0.262 e. The zero-order valence-corrected chi connectivity index (χ0v) is 11.5. The van der Waals surface area contributed by atoms with Crippen molar-refractivity contribution in [2.75, 3.05) is 13.6 Å². The largest absolute Gasteiger partial charge is 0.392 e. The van der Waals surface area contributed by atoms with Crippen molar-refractivity contribution in [2.24, 2.45) is 7.05 Å². The highest BCUT2D eigenvalue weighted by Gasteiger charge is 2.28. The zero-order chi connectivity index (χ0) is 12.5. The summed E-state index contributed by atoms with van der Waals surface area (Å²) in [5, 5.41) is 16.3. The minimum atomic E-state index is -3.69. The van der Waals surface area contributed by atoms with Gasteiger partial charge in [0.2, 0.25) is 5.03 Å². The Hall–Kier alpha value is -0.510. The molecule has 0 aliphatic carbocycles. The molecule has 16 heavy (non-hydrogen) atoms. The van der Waals surface area contributed by atoms with Gasteiger partial charge < -0.3 is 5.11 Å². The standard InChI is InChI=1S/C7H13BrN4O3S/c1-5(13)4-11(2)16(14,15)7-6(8)9-10-12(7)3/h5,13H,4H2,1-3H3. The second-order valence-corrected chi connectivity index (χ2v) is 6.15. The van der Waals surface area contributed by atoms with Crippen LogP contribution in [-0.2, 0) is 17.1 Å². The number of aryl methyl sites for hydroxylation is 1. The maximum atomic E-state index is 12.1. The molecule has 1 rings (SSSR count). The van der Waals surface area contributed by atoms with Crippen LogP contribution in [0.5, 0.6) is 0 Å². The van der Waals surface area contributed by atoms with E-state index in [0.29, 0.717) is 0 Å². The molecule has 1 aromatic rings. The van der Waals surface area contributed by atoms with Crippen molar-refractivity contribution in [1.29, 1.82) is 0 Å². The number of hydrogen-bond donors (Lipinski definition) is 1. The summed E-state index contributed by atoms with van der Waals surface area (Å²) >= 11 is 3.02. The quantitative estimate of drug-likeness (QED) is 0.815. The third kappa shape index (κ3) is 2.59. The van der Waals surface area contributed by atoms with Crippen molar-refractivity contribution in [1.82, 2.24) is 19.3 Å². The van der Waals surface area contributed by atoms with E-state index >= 15 is 0 Å². The average molecular weight is 313 g/mol. The van der Waals surface area contributed by atoms with Crippen molar-refractivity contribution in [3.63, 3.8) is 0 Å². The lowest BCUT2D eigenvalue weighted by molar-refractivity contribution is 0.171. The van der Waals surface area contributed by atoms with Crippen LogP contribution >= 0.6 is 15.9 Å². The minimum Gasteiger partial charge on any atom is -0.392 e. The second kappa shape index (κ2) is 4.78. The number of likely N-dealkylation sites (N-methyl/N-ethyl adjacent to an activating group) is 1. The van der Waals surface area contributed by atoms with Gasteiger partial charge in [0, 0.05) is 20.6 Å². The molecule has 1 unspecified atom stereocenters. The Morgan fingerprint density at radius 3 is 2.56 bits per heavy atom. The molecule has 0 bridgehead atoms. The Morgan fingerprint density at radius 2 is 2.19 bits per heavy atom. The number of nitrogens with zero attached hydrogens (tertiary/aromatic N) is 4. The molecule has 92 valence electrons. The van der Waals surface area contributed by atoms with Crippen LogP contribution < -0.4 is 0 Å². The number of halogens is 1. The van der Waals surface area contributed by atoms with E-state index in [4.69, 9.17) is 5.11 Å². The van der Waals surface area contributed by atoms with Gasteiger partial charge in [-0.05, 0) is 22.9 Å². The minimum absolute atomic E-state index is 0.0138. The molecule has 9 heteroatoms. The molecule has 0 saturated carbocycles. The van der Waals surface area contributed by atoms with Crippen LogP contribution in [0.2, 0.25) is 0 Å². The third-order valence-electron chi connectivity index (χ3n) is 1.91. The summed E-state index contributed by atoms with van der Waals surface area (Å²) in [4.78, 5) is 0. The number of aliphatic hydroxyl groups excluding tert-OH is 1. The van der Waals surface area contributed by atoms with Crippen molar-refractivity contribution in [2.45, 2.75) is 18.1 Å². The normalized spacial score (nSPS) is 14.4. The van der Waals surface area contributed by atoms with Gasteiger partial charge in [-0.1, -0.05) is 5.21 Å². The maximum absolute atomic E-state index is 12.1. The number of sulfonamides is 1. The number of hydrogen-bond acceptors (Lipinski definition) is 5. The molecule has 1 atom stereocenters. The van der Waals surface area contributed by atoms with Crippen LogP contribution in [0.1, 0.15) is 6.92 Å². The van der Waals surface area contributed by atoms with Gasteiger partial charge in [0.25, 0.3) is 10.0 Å². The fourth-order valence-corrected chi connectivity index (χ4v) is 3.49. The summed E-state index contributed by atoms with van der Waals surface area (Å²) in [7, 11) is -0.810. The Balaban J connectivity index is 3.12. The molecule has 7 nitrogen and oxygen atoms in total. The zero-order valence-electron chi connectivity index (χ0n) is 9.12. The first-order chi connectivity index (χ1) is 7.26. The van der Waals surface area contributed by atoms with E-state index in [-0.39, 0.29) is 16.2 Å². The molecule has 0 fully saturated rings. The molecule has 0 amide bonds. The van der Waals surface area contributed by atoms with E-state index in [0.717, 1.165) is 8.99 Å². The van der Waals surface area contributed by atoms with E-state index in [1.165, 1.54) is 21.0 Å². The molecule has 0 aliphatic rings. The molecule has 0 aromatic carbocycles. The van der Waals surface area contributed by atoms with Crippen LogP contribution in [0.25, 0.3) is 0 Å². The molecule has 1 N–H and O–H groups in total. The Labute approximate surface area is 102 Å². The first-order valence-corrected chi connectivity index (χ1v) is 6.69. The van der Waals surface area contributed by atoms with Crippen molar-refractivity contribution in [3.05, 3.63) is 4.60 Å². The lowest BCUT2D eigenvalue weighted by Crippen LogP contribution is -2.34. The molecule has 0 aliphatic heterocycles. The lowest BCUT2D eigenvalue weighted by Gasteiger charge is -2.18. The van der Waals surface area contributed by atoms with Gasteiger partial charge in [-0.25, -0.2) is 13.1 Å². The summed E-state index contributed by atoms with van der Waals surface area (Å²) in [6.45, 7) is 1.53. The van der Waals surface area contributed by atoms with Gasteiger partial charge in [-0.15, -0.1) is 5.10 Å². The molecule has 0 radical (unpaired) electrons. The first kappa shape index (κ1) is 13.6. The molecular weight excluding hydrogens is 300 g/mol. The van der Waals surface area contributed by atoms with Gasteiger partial charge in [0.05, 0.1) is 6.10 Å². The Morgan fingerprint density at radius 1 is 1.62 bits per heavy atom. The Bertz CT molecular complexity index is 450. The van der Waals surface area contributed by atoms with E-state index in [1.807, 2.05) is 0 Å². The van der Waals surface area contributed by atoms with Crippen LogP contribution in [0.4, 0.5) is 0 Å². The van der Waals surface area contributed by atoms with Gasteiger partial charge in [0.1, 0.15) is 0 Å². The number of rotatable bonds is 4. The maximum Gasteiger partial charge on any atom is 0.262 e. The van der Waals surface area contributed by atoms with Gasteiger partial charge >= 0.3 is 0 Å². The predicted molar refractivity (Wildman–Crippen MR) is 60.2 cm³/mol. The fourth-order valence-electron chi connectivity index (χ4n) is 1.21. The van der Waals surface area contributed by atoms with Crippen LogP contribution in [-0.4, -0.2) is 52.5 Å². The summed E-state index contributed by atoms with van der Waals surface area (Å²) in [5.74, 6) is 0. The van der Waals surface area contributed by atoms with Gasteiger partial charge in [-0.2, -0.15) is 4.31 Å². The molecular formula is C7H13BrN4O3S. The topological polar surface area (TPSA) is 88.3 Å². The number of aliphatic hydroxyl groups is 1. The molecule has 1 aromatic heterocycles. The summed E-state index contributed by atoms with van der Waals surface area (Å²) in [5.41, 5.74) is 0. The molecule has 0 spiro atoms. The van der Waals surface area contributed by atoms with E-state index in [1.54, 1.807) is 0 Å². The summed E-state index contributed by atoms with van der Waals surface area (Å²) < 4.78 is 26.5. The predicted octanol–water partition coefficient (Wildman–Crippen LogP) is -0.421. The summed E-state index contributed by atoms with van der Waals surface area (Å²) in [6.07, 6.45) is -0.736. The van der Waals surface area contributed by atoms with E-state index in [2.05, 4.69) is 26.2 Å². The first-order valence-electron chi connectivity index (χ1n) is 4.46. The van der Waals surface area contributed by atoms with E-state index in [9.17, 15) is 8.42 Å². The highest BCUT2D eigenvalue weighted by atomic mass is 79.9. The van der Waals surface area contributed by atoms with Crippen LogP contribution in [0.15, 0.2) is 9.63 Å². The van der Waals surface area contributed by atoms with Gasteiger partial charge in [0.15, 0.2) is 4.60 Å². The SMILES string of the molecule is CC(O)CN(C)S(=O)(=O)c1c(Br)nnn1C. The number of aromatic nitrogens is 3. The molecule has 1 heterocycles. The highest BCUT2D eigenvalue weighted by Crippen LogP contribution is 2.21. The second-order valence-electron chi connectivity index (χ2n) is 3.44. The third-order valence-corrected chi connectivity index (χ3v) is 4.63. The van der Waals surface area contributed by atoms with Crippen molar-refractivity contribution < 1.29 is 13.5 Å². The average Bonchev–Trinajstić information content (AvgIpc) is 2.45. The van der Waals surface area contributed by atoms with Gasteiger partial charge in [-0.3, -0.25) is 0 Å². The monoisotopic (exact) mass is 312 g/mol. The lowest BCUT2D eigenvalue weighted by atomic mass is 10.4. The molecule has 0 saturated heterocycles. The fraction of sp³-hybridized carbons (Fsp3) is 0.714. The Kier molecular flexibility index (Phi) is 4.05. The summed E-state index contributed by atoms with van der Waals surface area (Å²) in [6, 6.07) is 0. The van der Waals surface area contributed by atoms with Crippen LogP contribution in [0.3, 0.4) is 0 Å². The van der Waals surface area contributed by atoms with Crippen molar-refractivity contribution >= 4 is 26.0 Å². The van der Waals surface area contributed by atoms with Crippen molar-refractivity contribution in [3.8, 4) is 0 Å². The van der Waals surface area contributed by atoms with E-state index < -0.39 is 16.1 Å². The highest BCUT2D eigenvalue weighted by molar-refractivity contribution is 9.10. The van der Waals surface area contributed by atoms with Crippen LogP contribution in [0, 0.1) is 0 Å².